The number of halogens is 1. The monoisotopic (exact) mass is 338 g/mol. The summed E-state index contributed by atoms with van der Waals surface area (Å²) < 4.78 is 14.7. The molecule has 0 aliphatic rings. The number of nitrogens with zero attached hydrogens (tertiary/aromatic N) is 6. The molecule has 3 heterocycles. The molecule has 0 N–H and O–H groups in total. The van der Waals surface area contributed by atoms with Gasteiger partial charge in [0.05, 0.1) is 5.69 Å². The predicted octanol–water partition coefficient (Wildman–Crippen LogP) is 3.04. The molecule has 0 unspecified atom stereocenters. The highest BCUT2D eigenvalue weighted by Crippen LogP contribution is 2.26. The lowest BCUT2D eigenvalue weighted by Crippen LogP contribution is -1.98. The lowest BCUT2D eigenvalue weighted by Gasteiger charge is -2.03. The number of hydrogen-bond acceptors (Lipinski definition) is 6. The number of benzene rings is 1. The van der Waals surface area contributed by atoms with Crippen LogP contribution < -0.4 is 0 Å². The number of aromatic nitrogens is 6. The van der Waals surface area contributed by atoms with E-state index in [2.05, 4.69) is 25.3 Å². The molecule has 6 nitrogen and oxygen atoms in total. The molecule has 0 aliphatic heterocycles. The maximum absolute atomic E-state index is 13.1. The first-order valence-electron chi connectivity index (χ1n) is 7.15. The molecule has 24 heavy (non-hydrogen) atoms. The van der Waals surface area contributed by atoms with Crippen molar-refractivity contribution in [3.63, 3.8) is 0 Å². The van der Waals surface area contributed by atoms with Gasteiger partial charge in [0, 0.05) is 18.1 Å². The lowest BCUT2D eigenvalue weighted by molar-refractivity contribution is 0.627. The Labute approximate surface area is 140 Å². The van der Waals surface area contributed by atoms with Crippen LogP contribution >= 0.6 is 11.8 Å². The highest BCUT2D eigenvalue weighted by atomic mass is 32.2. The Hall–Kier alpha value is -2.87. The van der Waals surface area contributed by atoms with Crippen molar-refractivity contribution in [1.82, 2.24) is 29.9 Å². The average molecular weight is 338 g/mol. The largest absolute Gasteiger partial charge is 0.264 e. The normalized spacial score (nSPS) is 11.0. The molecule has 8 heteroatoms. The molecule has 0 fully saturated rings. The molecule has 118 valence electrons. The van der Waals surface area contributed by atoms with E-state index < -0.39 is 0 Å². The zero-order valence-electron chi connectivity index (χ0n) is 12.4. The molecule has 0 bridgehead atoms. The second kappa shape index (κ2) is 6.32. The van der Waals surface area contributed by atoms with Gasteiger partial charge in [0.15, 0.2) is 11.2 Å². The summed E-state index contributed by atoms with van der Waals surface area (Å²) in [7, 11) is 0. The van der Waals surface area contributed by atoms with E-state index >= 15 is 0 Å². The maximum atomic E-state index is 13.1. The third kappa shape index (κ3) is 2.83. The van der Waals surface area contributed by atoms with Crippen LogP contribution in [-0.2, 0) is 5.75 Å². The van der Waals surface area contributed by atoms with Crippen molar-refractivity contribution >= 4 is 22.9 Å². The van der Waals surface area contributed by atoms with Gasteiger partial charge >= 0.3 is 0 Å². The van der Waals surface area contributed by atoms with Crippen molar-refractivity contribution in [3.05, 3.63) is 66.5 Å². The summed E-state index contributed by atoms with van der Waals surface area (Å²) in [5.74, 6) is 0.425. The molecule has 0 saturated heterocycles. The van der Waals surface area contributed by atoms with Crippen LogP contribution in [0.1, 0.15) is 5.56 Å². The number of rotatable bonds is 4. The lowest BCUT2D eigenvalue weighted by atomic mass is 10.3. The number of hydrogen-bond donors (Lipinski definition) is 0. The van der Waals surface area contributed by atoms with E-state index in [0.29, 0.717) is 16.9 Å². The first-order chi connectivity index (χ1) is 11.8. The summed E-state index contributed by atoms with van der Waals surface area (Å²) in [6.45, 7) is 0. The number of thioether (sulfide) groups is 1. The average Bonchev–Trinajstić information content (AvgIpc) is 3.06. The van der Waals surface area contributed by atoms with Gasteiger partial charge in [0.1, 0.15) is 17.2 Å². The molecule has 1 aromatic carbocycles. The standard InChI is InChI=1S/C16H11FN6S/c17-12-3-5-13(6-4-12)23-15-14(21-22-23)16(20-10-19-15)24-9-11-2-1-7-18-8-11/h1-8,10H,9H2. The quantitative estimate of drug-likeness (QED) is 0.421. The second-order valence-corrected chi connectivity index (χ2v) is 5.94. The first-order valence-corrected chi connectivity index (χ1v) is 8.14. The summed E-state index contributed by atoms with van der Waals surface area (Å²) in [5, 5.41) is 9.06. The molecular formula is C16H11FN6S. The van der Waals surface area contributed by atoms with Crippen molar-refractivity contribution in [3.8, 4) is 5.69 Å². The molecule has 0 saturated carbocycles. The Bertz CT molecular complexity index is 971. The molecule has 4 rings (SSSR count). The van der Waals surface area contributed by atoms with Crippen molar-refractivity contribution < 1.29 is 4.39 Å². The van der Waals surface area contributed by atoms with Crippen LogP contribution in [0.15, 0.2) is 60.1 Å². The van der Waals surface area contributed by atoms with Crippen LogP contribution in [0, 0.1) is 5.82 Å². The fourth-order valence-electron chi connectivity index (χ4n) is 2.23. The molecule has 0 spiro atoms. The maximum Gasteiger partial charge on any atom is 0.187 e. The van der Waals surface area contributed by atoms with Crippen molar-refractivity contribution in [1.29, 1.82) is 0 Å². The van der Waals surface area contributed by atoms with Gasteiger partial charge < -0.3 is 0 Å². The van der Waals surface area contributed by atoms with E-state index in [1.807, 2.05) is 18.3 Å². The third-order valence-corrected chi connectivity index (χ3v) is 4.42. The van der Waals surface area contributed by atoms with Crippen LogP contribution in [0.3, 0.4) is 0 Å². The van der Waals surface area contributed by atoms with E-state index in [1.54, 1.807) is 34.8 Å². The Kier molecular flexibility index (Phi) is 3.87. The first kappa shape index (κ1) is 14.7. The van der Waals surface area contributed by atoms with Gasteiger partial charge in [-0.15, -0.1) is 5.10 Å². The van der Waals surface area contributed by atoms with E-state index in [-0.39, 0.29) is 5.82 Å². The van der Waals surface area contributed by atoms with Crippen LogP contribution in [0.5, 0.6) is 0 Å². The Morgan fingerprint density at radius 1 is 1.08 bits per heavy atom. The van der Waals surface area contributed by atoms with E-state index in [1.165, 1.54) is 18.5 Å². The van der Waals surface area contributed by atoms with Gasteiger partial charge in [-0.1, -0.05) is 23.0 Å². The zero-order valence-corrected chi connectivity index (χ0v) is 13.2. The summed E-state index contributed by atoms with van der Waals surface area (Å²) in [4.78, 5) is 12.7. The minimum absolute atomic E-state index is 0.300. The van der Waals surface area contributed by atoms with Crippen molar-refractivity contribution in [2.45, 2.75) is 10.8 Å². The van der Waals surface area contributed by atoms with E-state index in [9.17, 15) is 4.39 Å². The van der Waals surface area contributed by atoms with Gasteiger partial charge in [-0.25, -0.2) is 14.4 Å². The SMILES string of the molecule is Fc1ccc(-n2nnc3c(SCc4cccnc4)ncnc32)cc1. The summed E-state index contributed by atoms with van der Waals surface area (Å²) in [6, 6.07) is 9.93. The van der Waals surface area contributed by atoms with Gasteiger partial charge in [-0.3, -0.25) is 4.98 Å². The summed E-state index contributed by atoms with van der Waals surface area (Å²) in [6.07, 6.45) is 5.05. The van der Waals surface area contributed by atoms with Crippen molar-refractivity contribution in [2.75, 3.05) is 0 Å². The fraction of sp³-hybridized carbons (Fsp3) is 0.0625. The van der Waals surface area contributed by atoms with E-state index in [4.69, 9.17) is 0 Å². The zero-order chi connectivity index (χ0) is 16.4. The minimum Gasteiger partial charge on any atom is -0.264 e. The van der Waals surface area contributed by atoms with Gasteiger partial charge in [-0.05, 0) is 35.9 Å². The van der Waals surface area contributed by atoms with Crippen LogP contribution in [-0.4, -0.2) is 29.9 Å². The predicted molar refractivity (Wildman–Crippen MR) is 88.2 cm³/mol. The molecule has 0 aliphatic carbocycles. The van der Waals surface area contributed by atoms with Gasteiger partial charge in [-0.2, -0.15) is 4.68 Å². The molecule has 0 atom stereocenters. The molecular weight excluding hydrogens is 327 g/mol. The highest BCUT2D eigenvalue weighted by molar-refractivity contribution is 7.98. The fourth-order valence-corrected chi connectivity index (χ4v) is 3.09. The molecule has 3 aromatic heterocycles. The van der Waals surface area contributed by atoms with Crippen LogP contribution in [0.4, 0.5) is 4.39 Å². The van der Waals surface area contributed by atoms with Crippen LogP contribution in [0.2, 0.25) is 0 Å². The minimum atomic E-state index is -0.300. The third-order valence-electron chi connectivity index (χ3n) is 3.37. The number of pyridine rings is 1. The molecule has 0 radical (unpaired) electrons. The summed E-state index contributed by atoms with van der Waals surface area (Å²) >= 11 is 1.55. The Morgan fingerprint density at radius 3 is 2.75 bits per heavy atom. The number of fused-ring (bicyclic) bond motifs is 1. The Morgan fingerprint density at radius 2 is 1.96 bits per heavy atom. The molecule has 0 amide bonds. The molecule has 4 aromatic rings. The van der Waals surface area contributed by atoms with Crippen LogP contribution in [0.25, 0.3) is 16.9 Å². The summed E-state index contributed by atoms with van der Waals surface area (Å²) in [5.41, 5.74) is 3.00. The highest BCUT2D eigenvalue weighted by Gasteiger charge is 2.13. The Balaban J connectivity index is 1.67. The smallest absolute Gasteiger partial charge is 0.187 e. The van der Waals surface area contributed by atoms with Crippen molar-refractivity contribution in [2.24, 2.45) is 0 Å². The van der Waals surface area contributed by atoms with E-state index in [0.717, 1.165) is 16.3 Å². The van der Waals surface area contributed by atoms with Gasteiger partial charge in [0.2, 0.25) is 0 Å². The topological polar surface area (TPSA) is 69.4 Å². The van der Waals surface area contributed by atoms with Gasteiger partial charge in [0.25, 0.3) is 0 Å². The second-order valence-electron chi connectivity index (χ2n) is 4.98.